The van der Waals surface area contributed by atoms with Gasteiger partial charge in [-0.1, -0.05) is 26.8 Å². The molecule has 1 aromatic rings. The molecule has 27 heavy (non-hydrogen) atoms. The first-order valence-corrected chi connectivity index (χ1v) is 10.5. The van der Waals surface area contributed by atoms with Crippen molar-refractivity contribution in [2.45, 2.75) is 59.0 Å². The molecule has 3 atom stereocenters. The van der Waals surface area contributed by atoms with E-state index >= 15 is 0 Å². The van der Waals surface area contributed by atoms with Crippen LogP contribution in [0.1, 0.15) is 52.0 Å². The molecule has 0 saturated carbocycles. The Balaban J connectivity index is 1.42. The summed E-state index contributed by atoms with van der Waals surface area (Å²) in [6.07, 6.45) is 7.86. The number of pyridine rings is 1. The number of piperidine rings is 2. The highest BCUT2D eigenvalue weighted by atomic mass is 16.1. The zero-order valence-corrected chi connectivity index (χ0v) is 17.2. The lowest BCUT2D eigenvalue weighted by Gasteiger charge is -2.46. The predicted molar refractivity (Wildman–Crippen MR) is 109 cm³/mol. The summed E-state index contributed by atoms with van der Waals surface area (Å²) in [6.45, 7) is 11.6. The number of amides is 1. The number of carbonyl (C=O) groups is 1. The smallest absolute Gasteiger partial charge is 0.220 e. The second kappa shape index (κ2) is 9.16. The van der Waals surface area contributed by atoms with Crippen LogP contribution >= 0.6 is 0 Å². The minimum Gasteiger partial charge on any atom is -0.356 e. The molecule has 2 aliphatic heterocycles. The quantitative estimate of drug-likeness (QED) is 0.773. The summed E-state index contributed by atoms with van der Waals surface area (Å²) in [5, 5.41) is 6.83. The number of hydrogen-bond acceptors (Lipinski definition) is 4. The van der Waals surface area contributed by atoms with Crippen molar-refractivity contribution < 1.29 is 4.79 Å². The molecule has 0 radical (unpaired) electrons. The summed E-state index contributed by atoms with van der Waals surface area (Å²) >= 11 is 0. The van der Waals surface area contributed by atoms with E-state index in [1.807, 2.05) is 18.5 Å². The van der Waals surface area contributed by atoms with E-state index in [9.17, 15) is 4.79 Å². The third-order valence-corrected chi connectivity index (χ3v) is 5.75. The van der Waals surface area contributed by atoms with E-state index in [1.54, 1.807) is 0 Å². The Labute approximate surface area is 164 Å². The largest absolute Gasteiger partial charge is 0.356 e. The van der Waals surface area contributed by atoms with Crippen molar-refractivity contribution in [3.05, 3.63) is 30.1 Å². The van der Waals surface area contributed by atoms with Crippen LogP contribution in [0.2, 0.25) is 0 Å². The van der Waals surface area contributed by atoms with Crippen molar-refractivity contribution in [3.63, 3.8) is 0 Å². The van der Waals surface area contributed by atoms with Crippen molar-refractivity contribution in [2.75, 3.05) is 26.2 Å². The highest BCUT2D eigenvalue weighted by Crippen LogP contribution is 2.31. The topological polar surface area (TPSA) is 57.3 Å². The molecular weight excluding hydrogens is 336 g/mol. The van der Waals surface area contributed by atoms with Crippen molar-refractivity contribution in [3.8, 4) is 0 Å². The summed E-state index contributed by atoms with van der Waals surface area (Å²) in [5.41, 5.74) is 1.45. The molecule has 5 heteroatoms. The molecule has 2 bridgehead atoms. The molecule has 0 aliphatic carbocycles. The van der Waals surface area contributed by atoms with Gasteiger partial charge in [0.1, 0.15) is 0 Å². The molecule has 2 N–H and O–H groups in total. The number of carbonyl (C=O) groups excluding carboxylic acids is 1. The van der Waals surface area contributed by atoms with Crippen LogP contribution in [0.25, 0.3) is 0 Å². The van der Waals surface area contributed by atoms with Gasteiger partial charge < -0.3 is 10.6 Å². The number of likely N-dealkylation sites (tertiary alicyclic amines) is 1. The normalized spacial score (nSPS) is 26.0. The Hall–Kier alpha value is -1.46. The average molecular weight is 373 g/mol. The molecule has 5 nitrogen and oxygen atoms in total. The number of nitrogens with zero attached hydrogens (tertiary/aromatic N) is 2. The Morgan fingerprint density at radius 3 is 2.96 bits per heavy atom. The fourth-order valence-corrected chi connectivity index (χ4v) is 4.42. The van der Waals surface area contributed by atoms with E-state index in [0.717, 1.165) is 44.9 Å². The van der Waals surface area contributed by atoms with Crippen molar-refractivity contribution in [1.82, 2.24) is 20.5 Å². The highest BCUT2D eigenvalue weighted by Gasteiger charge is 2.36. The highest BCUT2D eigenvalue weighted by molar-refractivity contribution is 5.75. The average Bonchev–Trinajstić information content (AvgIpc) is 2.62. The summed E-state index contributed by atoms with van der Waals surface area (Å²) in [5.74, 6) is 1.65. The monoisotopic (exact) mass is 372 g/mol. The number of nitrogens with one attached hydrogen (secondary N) is 2. The molecule has 2 unspecified atom stereocenters. The second-order valence-electron chi connectivity index (χ2n) is 9.66. The fourth-order valence-electron chi connectivity index (χ4n) is 4.42. The standard InChI is InChI=1S/C22H36N4O/c1-22(2,3)16-25-21(27)8-4-7-20-19-10-18(12-24-20)14-26(15-19)13-17-6-5-9-23-11-17/h5-6,9,11,18-20,24H,4,7-8,10,12-16H2,1-3H3,(H,25,27)/t18?,19?,20-/m1/s1. The third kappa shape index (κ3) is 6.58. The second-order valence-corrected chi connectivity index (χ2v) is 9.66. The lowest BCUT2D eigenvalue weighted by Crippen LogP contribution is -2.55. The van der Waals surface area contributed by atoms with Gasteiger partial charge in [0.15, 0.2) is 0 Å². The lowest BCUT2D eigenvalue weighted by molar-refractivity contribution is -0.121. The zero-order chi connectivity index (χ0) is 19.3. The Bertz CT molecular complexity index is 598. The molecule has 1 amide bonds. The first kappa shape index (κ1) is 20.3. The van der Waals surface area contributed by atoms with Crippen LogP contribution in [-0.2, 0) is 11.3 Å². The predicted octanol–water partition coefficient (Wildman–Crippen LogP) is 2.82. The summed E-state index contributed by atoms with van der Waals surface area (Å²) in [4.78, 5) is 18.9. The van der Waals surface area contributed by atoms with Gasteiger partial charge in [-0.2, -0.15) is 0 Å². The van der Waals surface area contributed by atoms with Gasteiger partial charge in [-0.15, -0.1) is 0 Å². The van der Waals surface area contributed by atoms with Gasteiger partial charge in [0, 0.05) is 51.0 Å². The summed E-state index contributed by atoms with van der Waals surface area (Å²) in [6, 6.07) is 4.74. The van der Waals surface area contributed by atoms with Gasteiger partial charge in [-0.25, -0.2) is 0 Å². The number of hydrogen-bond donors (Lipinski definition) is 2. The van der Waals surface area contributed by atoms with Gasteiger partial charge in [0.05, 0.1) is 0 Å². The maximum absolute atomic E-state index is 12.1. The molecule has 0 aromatic carbocycles. The number of aromatic nitrogens is 1. The molecule has 2 saturated heterocycles. The molecule has 2 fully saturated rings. The van der Waals surface area contributed by atoms with Gasteiger partial charge in [0.2, 0.25) is 5.91 Å². The Morgan fingerprint density at radius 2 is 2.22 bits per heavy atom. The molecule has 150 valence electrons. The van der Waals surface area contributed by atoms with E-state index in [4.69, 9.17) is 0 Å². The van der Waals surface area contributed by atoms with Crippen molar-refractivity contribution in [2.24, 2.45) is 17.3 Å². The molecule has 3 heterocycles. The van der Waals surface area contributed by atoms with E-state index in [-0.39, 0.29) is 11.3 Å². The van der Waals surface area contributed by atoms with E-state index in [0.29, 0.717) is 18.4 Å². The fraction of sp³-hybridized carbons (Fsp3) is 0.727. The summed E-state index contributed by atoms with van der Waals surface area (Å²) < 4.78 is 0. The molecule has 3 rings (SSSR count). The molecule has 2 aliphatic rings. The number of fused-ring (bicyclic) bond motifs is 2. The minimum absolute atomic E-state index is 0.148. The zero-order valence-electron chi connectivity index (χ0n) is 17.2. The maximum atomic E-state index is 12.1. The maximum Gasteiger partial charge on any atom is 0.220 e. The van der Waals surface area contributed by atoms with Crippen LogP contribution in [0.4, 0.5) is 0 Å². The van der Waals surface area contributed by atoms with Gasteiger partial charge in [0.25, 0.3) is 0 Å². The van der Waals surface area contributed by atoms with Crippen LogP contribution < -0.4 is 10.6 Å². The summed E-state index contributed by atoms with van der Waals surface area (Å²) in [7, 11) is 0. The van der Waals surface area contributed by atoms with Gasteiger partial charge >= 0.3 is 0 Å². The molecule has 1 aromatic heterocycles. The van der Waals surface area contributed by atoms with Gasteiger partial charge in [-0.05, 0) is 54.7 Å². The SMILES string of the molecule is CC(C)(C)CNC(=O)CCC[C@H]1NCC2CC1CN(Cc1cccnc1)C2. The van der Waals surface area contributed by atoms with Gasteiger partial charge in [-0.3, -0.25) is 14.7 Å². The van der Waals surface area contributed by atoms with Crippen LogP contribution in [-0.4, -0.2) is 48.0 Å². The van der Waals surface area contributed by atoms with Crippen LogP contribution in [0.15, 0.2) is 24.5 Å². The Morgan fingerprint density at radius 1 is 1.37 bits per heavy atom. The Kier molecular flexibility index (Phi) is 6.88. The van der Waals surface area contributed by atoms with Crippen LogP contribution in [0, 0.1) is 17.3 Å². The van der Waals surface area contributed by atoms with Crippen LogP contribution in [0.5, 0.6) is 0 Å². The van der Waals surface area contributed by atoms with E-state index < -0.39 is 0 Å². The molecule has 0 spiro atoms. The lowest BCUT2D eigenvalue weighted by atomic mass is 9.79. The third-order valence-electron chi connectivity index (χ3n) is 5.75. The minimum atomic E-state index is 0.148. The van der Waals surface area contributed by atoms with Crippen molar-refractivity contribution >= 4 is 5.91 Å². The van der Waals surface area contributed by atoms with Crippen molar-refractivity contribution in [1.29, 1.82) is 0 Å². The number of rotatable bonds is 7. The van der Waals surface area contributed by atoms with E-state index in [1.165, 1.54) is 18.5 Å². The van der Waals surface area contributed by atoms with Crippen LogP contribution in [0.3, 0.4) is 0 Å². The molecular formula is C22H36N4O. The van der Waals surface area contributed by atoms with E-state index in [2.05, 4.69) is 47.4 Å². The first-order chi connectivity index (χ1) is 12.9. The first-order valence-electron chi connectivity index (χ1n) is 10.5.